The molecule has 0 saturated heterocycles. The zero-order chi connectivity index (χ0) is 14.4. The molecular weight excluding hydrogens is 250 g/mol. The molecule has 0 aromatic heterocycles. The number of hydrogen-bond donors (Lipinski definition) is 1. The molecule has 1 atom stereocenters. The maximum absolute atomic E-state index is 10.0. The normalized spacial score (nSPS) is 12.8. The van der Waals surface area contributed by atoms with Crippen molar-refractivity contribution >= 4 is 10.8 Å². The van der Waals surface area contributed by atoms with Gasteiger partial charge in [0.05, 0.1) is 0 Å². The van der Waals surface area contributed by atoms with E-state index in [1.807, 2.05) is 30.3 Å². The molecule has 20 heavy (non-hydrogen) atoms. The van der Waals surface area contributed by atoms with Crippen molar-refractivity contribution in [2.45, 2.75) is 20.0 Å². The van der Waals surface area contributed by atoms with Gasteiger partial charge in [0.1, 0.15) is 18.5 Å². The molecule has 0 bridgehead atoms. The summed E-state index contributed by atoms with van der Waals surface area (Å²) in [5, 5.41) is 12.3. The number of aliphatic hydroxyl groups is 1. The van der Waals surface area contributed by atoms with E-state index in [1.54, 1.807) is 0 Å². The predicted molar refractivity (Wildman–Crippen MR) is 83.2 cm³/mol. The van der Waals surface area contributed by atoms with Crippen LogP contribution < -0.4 is 4.74 Å². The summed E-state index contributed by atoms with van der Waals surface area (Å²) in [6, 6.07) is 14.1. The molecule has 0 spiro atoms. The number of hydrogen-bond acceptors (Lipinski definition) is 3. The average molecular weight is 273 g/mol. The first-order chi connectivity index (χ1) is 9.74. The van der Waals surface area contributed by atoms with E-state index in [-0.39, 0.29) is 0 Å². The molecule has 3 heteroatoms. The van der Waals surface area contributed by atoms with E-state index in [1.165, 1.54) is 0 Å². The van der Waals surface area contributed by atoms with Crippen LogP contribution in [0.3, 0.4) is 0 Å². The molecule has 3 nitrogen and oxygen atoms in total. The zero-order valence-corrected chi connectivity index (χ0v) is 12.2. The molecule has 1 unspecified atom stereocenters. The minimum atomic E-state index is -0.464. The second-order valence-corrected chi connectivity index (χ2v) is 4.93. The average Bonchev–Trinajstić information content (AvgIpc) is 2.50. The molecule has 2 aromatic carbocycles. The fourth-order valence-electron chi connectivity index (χ4n) is 2.34. The van der Waals surface area contributed by atoms with Gasteiger partial charge in [-0.1, -0.05) is 50.2 Å². The summed E-state index contributed by atoms with van der Waals surface area (Å²) in [6.07, 6.45) is -0.464. The van der Waals surface area contributed by atoms with E-state index in [2.05, 4.69) is 30.9 Å². The minimum absolute atomic E-state index is 0.324. The summed E-state index contributed by atoms with van der Waals surface area (Å²) >= 11 is 0. The molecular formula is C17H23NO2. The molecule has 2 aromatic rings. The molecule has 0 fully saturated rings. The summed E-state index contributed by atoms with van der Waals surface area (Å²) in [4.78, 5) is 2.19. The zero-order valence-electron chi connectivity index (χ0n) is 12.2. The number of aliphatic hydroxyl groups excluding tert-OH is 1. The molecule has 0 amide bonds. The fraction of sp³-hybridized carbons (Fsp3) is 0.412. The van der Waals surface area contributed by atoms with Crippen molar-refractivity contribution in [2.75, 3.05) is 26.2 Å². The van der Waals surface area contributed by atoms with Crippen LogP contribution in [0.25, 0.3) is 10.8 Å². The third-order valence-corrected chi connectivity index (χ3v) is 3.54. The number of rotatable bonds is 7. The van der Waals surface area contributed by atoms with Gasteiger partial charge < -0.3 is 14.7 Å². The molecule has 0 heterocycles. The fourth-order valence-corrected chi connectivity index (χ4v) is 2.34. The Labute approximate surface area is 120 Å². The second-order valence-electron chi connectivity index (χ2n) is 4.93. The quantitative estimate of drug-likeness (QED) is 0.842. The Bertz CT molecular complexity index is 532. The van der Waals surface area contributed by atoms with Gasteiger partial charge in [0.25, 0.3) is 0 Å². The third-order valence-electron chi connectivity index (χ3n) is 3.54. The lowest BCUT2D eigenvalue weighted by molar-refractivity contribution is 0.0722. The van der Waals surface area contributed by atoms with Crippen molar-refractivity contribution in [2.24, 2.45) is 0 Å². The van der Waals surface area contributed by atoms with Gasteiger partial charge >= 0.3 is 0 Å². The van der Waals surface area contributed by atoms with Gasteiger partial charge in [-0.3, -0.25) is 0 Å². The van der Waals surface area contributed by atoms with Crippen molar-refractivity contribution in [3.8, 4) is 5.75 Å². The lowest BCUT2D eigenvalue weighted by Crippen LogP contribution is -2.35. The Kier molecular flexibility index (Phi) is 5.39. The summed E-state index contributed by atoms with van der Waals surface area (Å²) < 4.78 is 5.79. The van der Waals surface area contributed by atoms with Crippen LogP contribution in [0.1, 0.15) is 13.8 Å². The van der Waals surface area contributed by atoms with Crippen LogP contribution in [0.2, 0.25) is 0 Å². The highest BCUT2D eigenvalue weighted by molar-refractivity contribution is 5.88. The van der Waals surface area contributed by atoms with E-state index >= 15 is 0 Å². The van der Waals surface area contributed by atoms with Crippen molar-refractivity contribution in [1.29, 1.82) is 0 Å². The maximum atomic E-state index is 10.0. The lowest BCUT2D eigenvalue weighted by atomic mass is 10.1. The molecule has 0 aliphatic rings. The minimum Gasteiger partial charge on any atom is -0.490 e. The number of likely N-dealkylation sites (N-methyl/N-ethyl adjacent to an activating group) is 1. The topological polar surface area (TPSA) is 32.7 Å². The van der Waals surface area contributed by atoms with Crippen molar-refractivity contribution in [3.63, 3.8) is 0 Å². The van der Waals surface area contributed by atoms with Gasteiger partial charge in [0.2, 0.25) is 0 Å². The number of nitrogens with zero attached hydrogens (tertiary/aromatic N) is 1. The van der Waals surface area contributed by atoms with Crippen molar-refractivity contribution in [1.82, 2.24) is 4.90 Å². The summed E-state index contributed by atoms with van der Waals surface area (Å²) in [5.74, 6) is 0.835. The van der Waals surface area contributed by atoms with Crippen LogP contribution in [0.4, 0.5) is 0 Å². The Morgan fingerprint density at radius 3 is 2.50 bits per heavy atom. The first-order valence-corrected chi connectivity index (χ1v) is 7.25. The molecule has 0 radical (unpaired) electrons. The van der Waals surface area contributed by atoms with Gasteiger partial charge in [-0.25, -0.2) is 0 Å². The molecule has 0 aliphatic carbocycles. The molecule has 0 aliphatic heterocycles. The molecule has 2 rings (SSSR count). The van der Waals surface area contributed by atoms with Gasteiger partial charge in [0, 0.05) is 11.9 Å². The summed E-state index contributed by atoms with van der Waals surface area (Å²) in [5.41, 5.74) is 0. The van der Waals surface area contributed by atoms with E-state index in [9.17, 15) is 5.11 Å². The highest BCUT2D eigenvalue weighted by Crippen LogP contribution is 2.25. The van der Waals surface area contributed by atoms with E-state index in [4.69, 9.17) is 4.74 Å². The van der Waals surface area contributed by atoms with Gasteiger partial charge in [-0.15, -0.1) is 0 Å². The largest absolute Gasteiger partial charge is 0.490 e. The van der Waals surface area contributed by atoms with Crippen LogP contribution in [0.15, 0.2) is 42.5 Å². The Balaban J connectivity index is 1.99. The van der Waals surface area contributed by atoms with Gasteiger partial charge in [-0.05, 0) is 24.5 Å². The SMILES string of the molecule is CCN(CC)CC(O)COc1cccc2ccccc12. The number of benzene rings is 2. The van der Waals surface area contributed by atoms with Crippen LogP contribution in [0, 0.1) is 0 Å². The van der Waals surface area contributed by atoms with Crippen LogP contribution >= 0.6 is 0 Å². The highest BCUT2D eigenvalue weighted by atomic mass is 16.5. The number of ether oxygens (including phenoxy) is 1. The molecule has 0 saturated carbocycles. The first kappa shape index (κ1) is 14.8. The molecule has 108 valence electrons. The van der Waals surface area contributed by atoms with Crippen LogP contribution in [-0.2, 0) is 0 Å². The number of fused-ring (bicyclic) bond motifs is 1. The van der Waals surface area contributed by atoms with E-state index < -0.39 is 6.10 Å². The van der Waals surface area contributed by atoms with Gasteiger partial charge in [-0.2, -0.15) is 0 Å². The predicted octanol–water partition coefficient (Wildman–Crippen LogP) is 2.92. The Hall–Kier alpha value is -1.58. The monoisotopic (exact) mass is 273 g/mol. The smallest absolute Gasteiger partial charge is 0.127 e. The molecule has 1 N–H and O–H groups in total. The van der Waals surface area contributed by atoms with Crippen LogP contribution in [0.5, 0.6) is 5.75 Å². The lowest BCUT2D eigenvalue weighted by Gasteiger charge is -2.22. The first-order valence-electron chi connectivity index (χ1n) is 7.25. The van der Waals surface area contributed by atoms with Gasteiger partial charge in [0.15, 0.2) is 0 Å². The van der Waals surface area contributed by atoms with Crippen molar-refractivity contribution in [3.05, 3.63) is 42.5 Å². The Morgan fingerprint density at radius 2 is 1.75 bits per heavy atom. The standard InChI is InChI=1S/C17H23NO2/c1-3-18(4-2)12-15(19)13-20-17-11-7-9-14-8-5-6-10-16(14)17/h5-11,15,19H,3-4,12-13H2,1-2H3. The van der Waals surface area contributed by atoms with Crippen LogP contribution in [-0.4, -0.2) is 42.4 Å². The second kappa shape index (κ2) is 7.27. The van der Waals surface area contributed by atoms with E-state index in [0.717, 1.165) is 29.6 Å². The maximum Gasteiger partial charge on any atom is 0.127 e. The highest BCUT2D eigenvalue weighted by Gasteiger charge is 2.10. The summed E-state index contributed by atoms with van der Waals surface area (Å²) in [6.45, 7) is 7.06. The summed E-state index contributed by atoms with van der Waals surface area (Å²) in [7, 11) is 0. The Morgan fingerprint density at radius 1 is 1.05 bits per heavy atom. The van der Waals surface area contributed by atoms with Crippen molar-refractivity contribution < 1.29 is 9.84 Å². The third kappa shape index (κ3) is 3.71. The van der Waals surface area contributed by atoms with E-state index in [0.29, 0.717) is 13.2 Å².